The molecule has 9 nitrogen and oxygen atoms in total. The highest BCUT2D eigenvalue weighted by Crippen LogP contribution is 2.45. The molecule has 0 fully saturated rings. The summed E-state index contributed by atoms with van der Waals surface area (Å²) < 4.78 is 51.6. The third-order valence-corrected chi connectivity index (χ3v) is 11.6. The fourth-order valence-corrected chi connectivity index (χ4v) is 8.97. The molecule has 0 saturated carbocycles. The lowest BCUT2D eigenvalue weighted by Gasteiger charge is -2.22. The van der Waals surface area contributed by atoms with Crippen LogP contribution in [0.15, 0.2) is 146 Å². The molecule has 64 heavy (non-hydrogen) atoms. The standard InChI is InChI=1S/C52H36F3N9/c1-29-56-30(2)59-50(58-29)34-21-23-46-38(25-34)36-15-8-10-19-44(36)63(46)48-27-40(43-18-12-17-42(62-43)33-13-6-5-7-14-33)41(52(53,54)55)28-49(48)64-45-20-11-9-16-37(45)39-26-35(22-24-47(39)64)51-60-31(3)57-32(4)61-51/h5-28H,1-4H3. The van der Waals surface area contributed by atoms with Crippen molar-refractivity contribution in [1.29, 1.82) is 0 Å². The Labute approximate surface area is 364 Å². The van der Waals surface area contributed by atoms with Crippen LogP contribution in [-0.4, -0.2) is 44.0 Å². The van der Waals surface area contributed by atoms with Crippen molar-refractivity contribution in [3.05, 3.63) is 174 Å². The minimum absolute atomic E-state index is 0.0497. The summed E-state index contributed by atoms with van der Waals surface area (Å²) in [7, 11) is 0. The largest absolute Gasteiger partial charge is 0.417 e. The predicted molar refractivity (Wildman–Crippen MR) is 245 cm³/mol. The first-order valence-electron chi connectivity index (χ1n) is 20.7. The van der Waals surface area contributed by atoms with Crippen molar-refractivity contribution in [2.45, 2.75) is 33.9 Å². The number of fused-ring (bicyclic) bond motifs is 6. The van der Waals surface area contributed by atoms with Gasteiger partial charge in [0.2, 0.25) is 0 Å². The van der Waals surface area contributed by atoms with E-state index in [0.717, 1.165) is 54.8 Å². The van der Waals surface area contributed by atoms with E-state index in [4.69, 9.17) is 4.98 Å². The third-order valence-electron chi connectivity index (χ3n) is 11.6. The van der Waals surface area contributed by atoms with Crippen LogP contribution in [0.5, 0.6) is 0 Å². The highest BCUT2D eigenvalue weighted by Gasteiger charge is 2.36. The Morgan fingerprint density at radius 2 is 0.828 bits per heavy atom. The minimum atomic E-state index is -4.76. The van der Waals surface area contributed by atoms with Crippen LogP contribution < -0.4 is 0 Å². The number of aryl methyl sites for hydroxylation is 4. The van der Waals surface area contributed by atoms with Crippen molar-refractivity contribution < 1.29 is 13.2 Å². The maximum atomic E-state index is 15.9. The summed E-state index contributed by atoms with van der Waals surface area (Å²) in [5.74, 6) is 3.45. The number of nitrogens with zero attached hydrogens (tertiary/aromatic N) is 9. The molecule has 0 bridgehead atoms. The van der Waals surface area contributed by atoms with E-state index in [1.807, 2.05) is 154 Å². The normalized spacial score (nSPS) is 12.0. The van der Waals surface area contributed by atoms with Gasteiger partial charge in [0, 0.05) is 43.8 Å². The molecule has 0 radical (unpaired) electrons. The van der Waals surface area contributed by atoms with Gasteiger partial charge < -0.3 is 9.13 Å². The van der Waals surface area contributed by atoms with Gasteiger partial charge in [-0.15, -0.1) is 0 Å². The van der Waals surface area contributed by atoms with Gasteiger partial charge in [0.1, 0.15) is 23.3 Å². The molecule has 11 rings (SSSR count). The first-order chi connectivity index (χ1) is 31.0. The molecular weight excluding hydrogens is 808 g/mol. The van der Waals surface area contributed by atoms with Crippen LogP contribution in [0.1, 0.15) is 28.9 Å². The van der Waals surface area contributed by atoms with E-state index in [9.17, 15) is 0 Å². The number of aromatic nitrogens is 9. The third kappa shape index (κ3) is 6.53. The molecule has 5 heterocycles. The summed E-state index contributed by atoms with van der Waals surface area (Å²) >= 11 is 0. The Morgan fingerprint density at radius 1 is 0.375 bits per heavy atom. The molecule has 11 aromatic rings. The second-order valence-electron chi connectivity index (χ2n) is 15.8. The Bertz CT molecular complexity index is 3630. The van der Waals surface area contributed by atoms with Gasteiger partial charge in [0.25, 0.3) is 0 Å². The molecule has 12 heteroatoms. The van der Waals surface area contributed by atoms with E-state index in [2.05, 4.69) is 34.5 Å². The lowest BCUT2D eigenvalue weighted by atomic mass is 9.99. The Hall–Kier alpha value is -8.12. The minimum Gasteiger partial charge on any atom is -0.307 e. The first-order valence-corrected chi connectivity index (χ1v) is 20.7. The van der Waals surface area contributed by atoms with Gasteiger partial charge in [-0.05, 0) is 100 Å². The van der Waals surface area contributed by atoms with Crippen LogP contribution in [0.4, 0.5) is 13.2 Å². The summed E-state index contributed by atoms with van der Waals surface area (Å²) in [6, 6.07) is 45.2. The Kier molecular flexibility index (Phi) is 8.95. The zero-order chi connectivity index (χ0) is 43.9. The summed E-state index contributed by atoms with van der Waals surface area (Å²) in [6.07, 6.45) is -4.76. The summed E-state index contributed by atoms with van der Waals surface area (Å²) in [5.41, 5.74) is 6.13. The number of para-hydroxylation sites is 2. The van der Waals surface area contributed by atoms with E-state index in [-0.39, 0.29) is 11.3 Å². The summed E-state index contributed by atoms with van der Waals surface area (Å²) in [6.45, 7) is 7.31. The fraction of sp³-hybridized carbons (Fsp3) is 0.0962. The zero-order valence-electron chi connectivity index (χ0n) is 35.0. The van der Waals surface area contributed by atoms with Crippen molar-refractivity contribution in [3.8, 4) is 56.7 Å². The second-order valence-corrected chi connectivity index (χ2v) is 15.8. The Morgan fingerprint density at radius 3 is 1.34 bits per heavy atom. The van der Waals surface area contributed by atoms with Gasteiger partial charge in [-0.3, -0.25) is 0 Å². The molecule has 0 spiro atoms. The van der Waals surface area contributed by atoms with Crippen LogP contribution in [0.3, 0.4) is 0 Å². The molecule has 0 amide bonds. The lowest BCUT2D eigenvalue weighted by molar-refractivity contribution is -0.137. The number of hydrogen-bond donors (Lipinski definition) is 0. The topological polar surface area (TPSA) is 100 Å². The molecule has 5 aromatic heterocycles. The highest BCUT2D eigenvalue weighted by atomic mass is 19.4. The van der Waals surface area contributed by atoms with Crippen LogP contribution in [0.2, 0.25) is 0 Å². The van der Waals surface area contributed by atoms with E-state index in [0.29, 0.717) is 57.5 Å². The maximum Gasteiger partial charge on any atom is 0.417 e. The van der Waals surface area contributed by atoms with Gasteiger partial charge in [-0.25, -0.2) is 34.9 Å². The van der Waals surface area contributed by atoms with Crippen LogP contribution in [0.25, 0.3) is 100 Å². The summed E-state index contributed by atoms with van der Waals surface area (Å²) in [5, 5.41) is 3.49. The predicted octanol–water partition coefficient (Wildman–Crippen LogP) is 12.6. The van der Waals surface area contributed by atoms with Crippen LogP contribution >= 0.6 is 0 Å². The van der Waals surface area contributed by atoms with Gasteiger partial charge >= 0.3 is 6.18 Å². The maximum absolute atomic E-state index is 15.9. The van der Waals surface area contributed by atoms with E-state index >= 15 is 13.2 Å². The van der Waals surface area contributed by atoms with Crippen molar-refractivity contribution in [1.82, 2.24) is 44.0 Å². The molecule has 0 unspecified atom stereocenters. The summed E-state index contributed by atoms with van der Waals surface area (Å²) in [4.78, 5) is 32.2. The SMILES string of the molecule is Cc1nc(C)nc(-c2ccc3c(c2)c2ccccc2n3-c2cc(-c3cccc(-c4ccccc4)n3)c(C(F)(F)F)cc2-n2c3ccccc3c3cc(-c4nc(C)nc(C)n4)ccc32)n1. The smallest absolute Gasteiger partial charge is 0.307 e. The zero-order valence-corrected chi connectivity index (χ0v) is 35.0. The van der Waals surface area contributed by atoms with E-state index in [1.54, 1.807) is 18.2 Å². The molecule has 0 N–H and O–H groups in total. The van der Waals surface area contributed by atoms with Crippen molar-refractivity contribution in [2.24, 2.45) is 0 Å². The fourth-order valence-electron chi connectivity index (χ4n) is 8.97. The van der Waals surface area contributed by atoms with Crippen molar-refractivity contribution in [2.75, 3.05) is 0 Å². The van der Waals surface area contributed by atoms with Gasteiger partial charge in [0.05, 0.1) is 50.4 Å². The van der Waals surface area contributed by atoms with Crippen molar-refractivity contribution in [3.63, 3.8) is 0 Å². The van der Waals surface area contributed by atoms with Gasteiger partial charge in [-0.1, -0.05) is 72.8 Å². The van der Waals surface area contributed by atoms with Gasteiger partial charge in [0.15, 0.2) is 11.6 Å². The quantitative estimate of drug-likeness (QED) is 0.164. The van der Waals surface area contributed by atoms with Crippen LogP contribution in [-0.2, 0) is 6.18 Å². The van der Waals surface area contributed by atoms with E-state index < -0.39 is 11.7 Å². The molecule has 0 aliphatic rings. The van der Waals surface area contributed by atoms with Crippen molar-refractivity contribution >= 4 is 43.6 Å². The highest BCUT2D eigenvalue weighted by molar-refractivity contribution is 6.13. The van der Waals surface area contributed by atoms with Gasteiger partial charge in [-0.2, -0.15) is 13.2 Å². The average Bonchev–Trinajstić information content (AvgIpc) is 3.80. The second kappa shape index (κ2) is 14.8. The number of pyridine rings is 1. The van der Waals surface area contributed by atoms with Crippen LogP contribution in [0, 0.1) is 27.7 Å². The van der Waals surface area contributed by atoms with E-state index in [1.165, 1.54) is 6.07 Å². The number of hydrogen-bond acceptors (Lipinski definition) is 7. The molecule has 0 aliphatic heterocycles. The molecule has 0 atom stereocenters. The number of alkyl halides is 3. The molecule has 0 aliphatic carbocycles. The number of rotatable bonds is 6. The lowest BCUT2D eigenvalue weighted by Crippen LogP contribution is -2.12. The molecule has 6 aromatic carbocycles. The average molecular weight is 844 g/mol. The molecule has 0 saturated heterocycles. The number of halogens is 3. The molecular formula is C52H36F3N9. The molecule has 310 valence electrons. The Balaban J connectivity index is 1.25. The number of benzene rings is 6. The first kappa shape index (κ1) is 38.8. The monoisotopic (exact) mass is 843 g/mol.